The average molecular weight is 363 g/mol. The molecule has 0 aliphatic heterocycles. The van der Waals surface area contributed by atoms with Gasteiger partial charge >= 0.3 is 11.1 Å². The largest absolute Gasteiger partial charge is 0.324 e. The van der Waals surface area contributed by atoms with Crippen LogP contribution in [0, 0.1) is 6.92 Å². The van der Waals surface area contributed by atoms with Crippen LogP contribution >= 0.6 is 0 Å². The lowest BCUT2D eigenvalue weighted by atomic mass is 10.1. The lowest BCUT2D eigenvalue weighted by Crippen LogP contribution is -2.42. The highest BCUT2D eigenvalue weighted by Gasteiger charge is 2.10. The van der Waals surface area contributed by atoms with Crippen LogP contribution in [0.2, 0.25) is 0 Å². The Morgan fingerprint density at radius 2 is 1.52 bits per heavy atom. The number of carbonyl (C=O) groups excluding carboxylic acids is 1. The van der Waals surface area contributed by atoms with Crippen molar-refractivity contribution in [2.24, 2.45) is 0 Å². The van der Waals surface area contributed by atoms with E-state index >= 15 is 0 Å². The van der Waals surface area contributed by atoms with Crippen LogP contribution in [0.1, 0.15) is 11.1 Å². The minimum atomic E-state index is -0.703. The van der Waals surface area contributed by atoms with Crippen molar-refractivity contribution < 1.29 is 4.79 Å². The number of benzene rings is 2. The Bertz CT molecular complexity index is 1050. The molecule has 3 aromatic rings. The van der Waals surface area contributed by atoms with Crippen LogP contribution in [0.5, 0.6) is 0 Å². The van der Waals surface area contributed by atoms with Crippen molar-refractivity contribution in [3.63, 3.8) is 0 Å². The lowest BCUT2D eigenvalue weighted by molar-refractivity contribution is -0.116. The van der Waals surface area contributed by atoms with Crippen molar-refractivity contribution in [1.29, 1.82) is 0 Å². The van der Waals surface area contributed by atoms with Crippen molar-refractivity contribution in [3.05, 3.63) is 98.8 Å². The highest BCUT2D eigenvalue weighted by molar-refractivity contribution is 5.91. The van der Waals surface area contributed by atoms with Gasteiger partial charge in [-0.2, -0.15) is 0 Å². The Morgan fingerprint density at radius 3 is 2.26 bits per heavy atom. The topological polar surface area (TPSA) is 73.1 Å². The van der Waals surface area contributed by atoms with E-state index in [9.17, 15) is 14.4 Å². The van der Waals surface area contributed by atoms with E-state index in [1.807, 2.05) is 55.5 Å². The molecule has 0 atom stereocenters. The van der Waals surface area contributed by atoms with E-state index in [0.29, 0.717) is 18.7 Å². The van der Waals surface area contributed by atoms with Crippen LogP contribution in [-0.4, -0.2) is 15.0 Å². The number of anilines is 1. The van der Waals surface area contributed by atoms with E-state index in [2.05, 4.69) is 5.32 Å². The van der Waals surface area contributed by atoms with Gasteiger partial charge in [0.05, 0.1) is 0 Å². The Hall–Kier alpha value is -3.41. The molecule has 0 radical (unpaired) electrons. The molecule has 0 saturated carbocycles. The van der Waals surface area contributed by atoms with Crippen LogP contribution in [-0.2, 0) is 24.3 Å². The summed E-state index contributed by atoms with van der Waals surface area (Å²) in [7, 11) is 0. The highest BCUT2D eigenvalue weighted by Crippen LogP contribution is 2.12. The maximum atomic E-state index is 12.3. The van der Waals surface area contributed by atoms with Gasteiger partial charge in [-0.05, 0) is 30.5 Å². The Labute approximate surface area is 156 Å². The fourth-order valence-electron chi connectivity index (χ4n) is 2.79. The fourth-order valence-corrected chi connectivity index (χ4v) is 2.79. The number of nitrogens with one attached hydrogen (secondary N) is 1. The van der Waals surface area contributed by atoms with Crippen molar-refractivity contribution in [1.82, 2.24) is 9.13 Å². The zero-order valence-corrected chi connectivity index (χ0v) is 15.1. The van der Waals surface area contributed by atoms with Crippen LogP contribution in [0.4, 0.5) is 5.69 Å². The standard InChI is InChI=1S/C21H21N3O3/c1-16-7-5-6-10-18(16)22-19(25)15-24-14-13-23(20(26)21(24)27)12-11-17-8-3-2-4-9-17/h2-10,13-14H,11-12,15H2,1H3,(H,22,25). The van der Waals surface area contributed by atoms with Gasteiger partial charge in [-0.15, -0.1) is 0 Å². The number of hydrogen-bond acceptors (Lipinski definition) is 3. The maximum absolute atomic E-state index is 12.3. The summed E-state index contributed by atoms with van der Waals surface area (Å²) in [5.41, 5.74) is 1.37. The molecule has 1 aromatic heterocycles. The van der Waals surface area contributed by atoms with E-state index in [1.165, 1.54) is 10.8 Å². The summed E-state index contributed by atoms with van der Waals surface area (Å²) in [6, 6.07) is 17.1. The van der Waals surface area contributed by atoms with Crippen LogP contribution in [0.3, 0.4) is 0 Å². The molecule has 2 aromatic carbocycles. The third-order valence-electron chi connectivity index (χ3n) is 4.35. The summed E-state index contributed by atoms with van der Waals surface area (Å²) in [4.78, 5) is 36.8. The van der Waals surface area contributed by atoms with Gasteiger partial charge in [0.1, 0.15) is 6.54 Å². The molecular formula is C21H21N3O3. The molecule has 0 unspecified atom stereocenters. The summed E-state index contributed by atoms with van der Waals surface area (Å²) in [6.07, 6.45) is 3.68. The molecule has 0 aliphatic carbocycles. The van der Waals surface area contributed by atoms with Gasteiger partial charge in [-0.3, -0.25) is 19.0 Å². The van der Waals surface area contributed by atoms with Crippen molar-refractivity contribution in [2.75, 3.05) is 5.32 Å². The van der Waals surface area contributed by atoms with Gasteiger partial charge in [0.15, 0.2) is 0 Å². The van der Waals surface area contributed by atoms with Crippen LogP contribution in [0.15, 0.2) is 76.6 Å². The fraction of sp³-hybridized carbons (Fsp3) is 0.190. The van der Waals surface area contributed by atoms with E-state index in [4.69, 9.17) is 0 Å². The molecule has 0 fully saturated rings. The average Bonchev–Trinajstić information content (AvgIpc) is 2.67. The van der Waals surface area contributed by atoms with Crippen LogP contribution < -0.4 is 16.4 Å². The van der Waals surface area contributed by atoms with Gasteiger partial charge in [0, 0.05) is 24.6 Å². The Morgan fingerprint density at radius 1 is 0.889 bits per heavy atom. The van der Waals surface area contributed by atoms with E-state index in [1.54, 1.807) is 12.3 Å². The number of nitrogens with zero attached hydrogens (tertiary/aromatic N) is 2. The summed E-state index contributed by atoms with van der Waals surface area (Å²) in [6.45, 7) is 2.09. The Balaban J connectivity index is 1.69. The Kier molecular flexibility index (Phi) is 5.66. The number of para-hydroxylation sites is 1. The lowest BCUT2D eigenvalue weighted by Gasteiger charge is -2.11. The molecular weight excluding hydrogens is 342 g/mol. The zero-order chi connectivity index (χ0) is 19.2. The second kappa shape index (κ2) is 8.31. The molecule has 3 rings (SSSR count). The highest BCUT2D eigenvalue weighted by atomic mass is 16.2. The summed E-state index contributed by atoms with van der Waals surface area (Å²) >= 11 is 0. The van der Waals surface area contributed by atoms with E-state index in [-0.39, 0.29) is 12.5 Å². The SMILES string of the molecule is Cc1ccccc1NC(=O)Cn1ccn(CCc2ccccc2)c(=O)c1=O. The first kappa shape index (κ1) is 18.4. The number of aromatic nitrogens is 2. The molecule has 6 heteroatoms. The molecule has 0 aliphatic rings. The number of hydrogen-bond donors (Lipinski definition) is 1. The first-order valence-electron chi connectivity index (χ1n) is 8.74. The number of carbonyl (C=O) groups is 1. The quantitative estimate of drug-likeness (QED) is 0.683. The second-order valence-corrected chi connectivity index (χ2v) is 6.33. The molecule has 0 saturated heterocycles. The van der Waals surface area contributed by atoms with E-state index < -0.39 is 11.1 Å². The normalized spacial score (nSPS) is 10.6. The zero-order valence-electron chi connectivity index (χ0n) is 15.1. The first-order valence-corrected chi connectivity index (χ1v) is 8.74. The van der Waals surface area contributed by atoms with Crippen molar-refractivity contribution in [3.8, 4) is 0 Å². The smallest absolute Gasteiger partial charge is 0.316 e. The minimum absolute atomic E-state index is 0.206. The second-order valence-electron chi connectivity index (χ2n) is 6.33. The third-order valence-corrected chi connectivity index (χ3v) is 4.35. The molecule has 1 N–H and O–H groups in total. The molecule has 0 bridgehead atoms. The molecule has 6 nitrogen and oxygen atoms in total. The molecule has 27 heavy (non-hydrogen) atoms. The molecule has 1 heterocycles. The number of amides is 1. The number of aryl methyl sites for hydroxylation is 3. The molecule has 1 amide bonds. The van der Waals surface area contributed by atoms with Gasteiger partial charge in [0.2, 0.25) is 5.91 Å². The number of rotatable bonds is 6. The van der Waals surface area contributed by atoms with Gasteiger partial charge in [-0.1, -0.05) is 48.5 Å². The summed E-state index contributed by atoms with van der Waals surface area (Å²) in [5, 5.41) is 2.76. The monoisotopic (exact) mass is 363 g/mol. The van der Waals surface area contributed by atoms with Crippen molar-refractivity contribution in [2.45, 2.75) is 26.4 Å². The third kappa shape index (κ3) is 4.61. The minimum Gasteiger partial charge on any atom is -0.324 e. The molecule has 0 spiro atoms. The van der Waals surface area contributed by atoms with Gasteiger partial charge < -0.3 is 9.88 Å². The summed E-state index contributed by atoms with van der Waals surface area (Å²) in [5.74, 6) is -0.354. The van der Waals surface area contributed by atoms with E-state index in [0.717, 1.165) is 15.7 Å². The predicted molar refractivity (Wildman–Crippen MR) is 105 cm³/mol. The van der Waals surface area contributed by atoms with Crippen molar-refractivity contribution >= 4 is 11.6 Å². The maximum Gasteiger partial charge on any atom is 0.316 e. The summed E-state index contributed by atoms with van der Waals surface area (Å²) < 4.78 is 2.51. The van der Waals surface area contributed by atoms with Gasteiger partial charge in [0.25, 0.3) is 0 Å². The molecule has 138 valence electrons. The van der Waals surface area contributed by atoms with Crippen LogP contribution in [0.25, 0.3) is 0 Å². The van der Waals surface area contributed by atoms with Gasteiger partial charge in [-0.25, -0.2) is 0 Å². The predicted octanol–water partition coefficient (Wildman–Crippen LogP) is 2.20. The first-order chi connectivity index (χ1) is 13.0.